The van der Waals surface area contributed by atoms with Gasteiger partial charge in [-0.2, -0.15) is 17.5 Å². The van der Waals surface area contributed by atoms with Gasteiger partial charge in [0.15, 0.2) is 5.03 Å². The highest BCUT2D eigenvalue weighted by Crippen LogP contribution is 2.23. The monoisotopic (exact) mass is 299 g/mol. The number of rotatable bonds is 4. The van der Waals surface area contributed by atoms with E-state index in [0.717, 1.165) is 4.31 Å². The lowest BCUT2D eigenvalue weighted by Crippen LogP contribution is -2.55. The smallest absolute Gasteiger partial charge is 0.366 e. The molecule has 0 bridgehead atoms. The third-order valence-electron chi connectivity index (χ3n) is 2.58. The van der Waals surface area contributed by atoms with Crippen molar-refractivity contribution in [1.29, 1.82) is 0 Å². The topological polar surface area (TPSA) is 64.4 Å². The zero-order valence-electron chi connectivity index (χ0n) is 9.96. The summed E-state index contributed by atoms with van der Waals surface area (Å²) >= 11 is 0. The number of aromatic nitrogens is 2. The summed E-state index contributed by atoms with van der Waals surface area (Å²) in [6.07, 6.45) is -2.45. The van der Waals surface area contributed by atoms with Gasteiger partial charge in [-0.05, 0) is 0 Å². The van der Waals surface area contributed by atoms with Gasteiger partial charge in [0.05, 0.1) is 12.4 Å². The van der Waals surface area contributed by atoms with Crippen LogP contribution in [0.5, 0.6) is 0 Å². The largest absolute Gasteiger partial charge is 0.411 e. The van der Waals surface area contributed by atoms with Gasteiger partial charge in [-0.3, -0.25) is 0 Å². The van der Waals surface area contributed by atoms with Crippen molar-refractivity contribution in [3.8, 4) is 0 Å². The Morgan fingerprint density at radius 3 is 2.58 bits per heavy atom. The van der Waals surface area contributed by atoms with E-state index < -0.39 is 28.9 Å². The fraction of sp³-hybridized carbons (Fsp3) is 0.667. The first kappa shape index (κ1) is 14.3. The number of ether oxygens (including phenoxy) is 1. The van der Waals surface area contributed by atoms with Crippen molar-refractivity contribution >= 4 is 10.0 Å². The van der Waals surface area contributed by atoms with Gasteiger partial charge in [0.2, 0.25) is 0 Å². The van der Waals surface area contributed by atoms with E-state index in [9.17, 15) is 21.6 Å². The van der Waals surface area contributed by atoms with Crippen LogP contribution >= 0.6 is 0 Å². The predicted molar refractivity (Wildman–Crippen MR) is 57.8 cm³/mol. The lowest BCUT2D eigenvalue weighted by molar-refractivity contribution is -0.194. The Balaban J connectivity index is 1.90. The molecule has 0 saturated carbocycles. The van der Waals surface area contributed by atoms with Crippen molar-refractivity contribution in [3.05, 3.63) is 12.5 Å². The van der Waals surface area contributed by atoms with Gasteiger partial charge in [-0.1, -0.05) is 0 Å². The summed E-state index contributed by atoms with van der Waals surface area (Å²) in [4.78, 5) is 3.71. The molecular formula is C9H12F3N3O3S. The maximum atomic E-state index is 11.9. The normalized spacial score (nSPS) is 18.5. The van der Waals surface area contributed by atoms with Gasteiger partial charge in [0.25, 0.3) is 10.0 Å². The summed E-state index contributed by atoms with van der Waals surface area (Å²) in [6.45, 7) is -1.54. The molecule has 19 heavy (non-hydrogen) atoms. The van der Waals surface area contributed by atoms with E-state index in [-0.39, 0.29) is 18.1 Å². The molecule has 0 amide bonds. The molecule has 6 nitrogen and oxygen atoms in total. The number of aryl methyl sites for hydroxylation is 1. The molecular weight excluding hydrogens is 287 g/mol. The van der Waals surface area contributed by atoms with E-state index in [2.05, 4.69) is 9.72 Å². The molecule has 0 aliphatic carbocycles. The minimum absolute atomic E-state index is 0.0883. The van der Waals surface area contributed by atoms with Crippen LogP contribution in [0.4, 0.5) is 13.2 Å². The van der Waals surface area contributed by atoms with E-state index in [1.165, 1.54) is 17.1 Å². The SMILES string of the molecule is Cn1cnc(S(=O)(=O)N2CC(OCC(F)(F)F)C2)c1. The molecule has 1 aliphatic rings. The first-order valence-corrected chi connectivity index (χ1v) is 6.79. The molecule has 1 saturated heterocycles. The van der Waals surface area contributed by atoms with Crippen molar-refractivity contribution in [1.82, 2.24) is 13.9 Å². The Bertz CT molecular complexity index is 549. The number of sulfonamides is 1. The Kier molecular flexibility index (Phi) is 3.58. The van der Waals surface area contributed by atoms with Gasteiger partial charge in [-0.15, -0.1) is 0 Å². The Hall–Kier alpha value is -1.13. The van der Waals surface area contributed by atoms with E-state index in [0.29, 0.717) is 0 Å². The standard InChI is InChI=1S/C9H12F3N3O3S/c1-14-4-8(13-6-14)19(16,17)15-2-7(3-15)18-5-9(10,11)12/h4,6-7H,2-3,5H2,1H3. The Morgan fingerprint density at radius 1 is 1.47 bits per heavy atom. The van der Waals surface area contributed by atoms with E-state index in [4.69, 9.17) is 0 Å². The zero-order chi connectivity index (χ0) is 14.3. The molecule has 1 aromatic rings. The highest BCUT2D eigenvalue weighted by Gasteiger charge is 2.40. The average molecular weight is 299 g/mol. The number of nitrogens with zero attached hydrogens (tertiary/aromatic N) is 3. The molecule has 2 heterocycles. The Labute approximate surface area is 107 Å². The van der Waals surface area contributed by atoms with Gasteiger partial charge in [0, 0.05) is 26.3 Å². The number of halogens is 3. The molecule has 0 aromatic carbocycles. The maximum Gasteiger partial charge on any atom is 0.411 e. The molecule has 0 N–H and O–H groups in total. The van der Waals surface area contributed by atoms with Crippen LogP contribution in [0.1, 0.15) is 0 Å². The van der Waals surface area contributed by atoms with E-state index in [1.54, 1.807) is 7.05 Å². The van der Waals surface area contributed by atoms with Crippen molar-refractivity contribution < 1.29 is 26.3 Å². The minimum Gasteiger partial charge on any atom is -0.366 e. The van der Waals surface area contributed by atoms with Gasteiger partial charge < -0.3 is 9.30 Å². The summed E-state index contributed by atoms with van der Waals surface area (Å²) in [6, 6.07) is 0. The van der Waals surface area contributed by atoms with Crippen molar-refractivity contribution in [2.45, 2.75) is 17.3 Å². The quantitative estimate of drug-likeness (QED) is 0.806. The second-order valence-corrected chi connectivity index (χ2v) is 6.13. The van der Waals surface area contributed by atoms with Crippen molar-refractivity contribution in [3.63, 3.8) is 0 Å². The second kappa shape index (κ2) is 4.76. The predicted octanol–water partition coefficient (Wildman–Crippen LogP) is 0.372. The fourth-order valence-electron chi connectivity index (χ4n) is 1.57. The molecule has 0 atom stereocenters. The molecule has 0 unspecified atom stereocenters. The van der Waals surface area contributed by atoms with Crippen LogP contribution < -0.4 is 0 Å². The molecule has 10 heteroatoms. The average Bonchev–Trinajstić information content (AvgIpc) is 2.60. The summed E-state index contributed by atoms with van der Waals surface area (Å²) in [5.41, 5.74) is 0. The van der Waals surface area contributed by atoms with Gasteiger partial charge in [-0.25, -0.2) is 13.4 Å². The molecule has 0 spiro atoms. The van der Waals surface area contributed by atoms with Crippen LogP contribution in [0.3, 0.4) is 0 Å². The van der Waals surface area contributed by atoms with Crippen LogP contribution in [0.15, 0.2) is 17.6 Å². The number of hydrogen-bond acceptors (Lipinski definition) is 4. The zero-order valence-corrected chi connectivity index (χ0v) is 10.8. The molecule has 2 rings (SSSR count). The van der Waals surface area contributed by atoms with Gasteiger partial charge >= 0.3 is 6.18 Å². The Morgan fingerprint density at radius 2 is 2.11 bits per heavy atom. The highest BCUT2D eigenvalue weighted by atomic mass is 32.2. The van der Waals surface area contributed by atoms with Gasteiger partial charge in [0.1, 0.15) is 6.61 Å². The summed E-state index contributed by atoms with van der Waals surface area (Å²) < 4.78 is 66.7. The maximum absolute atomic E-state index is 11.9. The first-order valence-electron chi connectivity index (χ1n) is 5.35. The molecule has 108 valence electrons. The molecule has 1 aromatic heterocycles. The highest BCUT2D eigenvalue weighted by molar-refractivity contribution is 7.89. The lowest BCUT2D eigenvalue weighted by Gasteiger charge is -2.37. The summed E-state index contributed by atoms with van der Waals surface area (Å²) in [5, 5.41) is -0.121. The number of alkyl halides is 3. The van der Waals surface area contributed by atoms with Crippen LogP contribution in [0.2, 0.25) is 0 Å². The molecule has 1 fully saturated rings. The van der Waals surface area contributed by atoms with Crippen molar-refractivity contribution in [2.24, 2.45) is 7.05 Å². The van der Waals surface area contributed by atoms with Crippen LogP contribution in [-0.2, 0) is 21.8 Å². The third-order valence-corrected chi connectivity index (χ3v) is 4.30. The number of imidazole rings is 1. The fourth-order valence-corrected chi connectivity index (χ4v) is 3.04. The van der Waals surface area contributed by atoms with E-state index >= 15 is 0 Å². The van der Waals surface area contributed by atoms with Crippen LogP contribution in [0, 0.1) is 0 Å². The lowest BCUT2D eigenvalue weighted by atomic mass is 10.2. The minimum atomic E-state index is -4.40. The number of hydrogen-bond donors (Lipinski definition) is 0. The summed E-state index contributed by atoms with van der Waals surface area (Å²) in [7, 11) is -2.11. The molecule has 1 aliphatic heterocycles. The first-order chi connectivity index (χ1) is 8.68. The van der Waals surface area contributed by atoms with Crippen molar-refractivity contribution in [2.75, 3.05) is 19.7 Å². The van der Waals surface area contributed by atoms with Crippen LogP contribution in [0.25, 0.3) is 0 Å². The summed E-state index contributed by atoms with van der Waals surface area (Å²) in [5.74, 6) is 0. The molecule has 0 radical (unpaired) electrons. The van der Waals surface area contributed by atoms with E-state index in [1.807, 2.05) is 0 Å². The second-order valence-electron chi connectivity index (χ2n) is 4.25. The van der Waals surface area contributed by atoms with Crippen LogP contribution in [-0.4, -0.2) is 54.3 Å². The third kappa shape index (κ3) is 3.25.